The molecule has 0 radical (unpaired) electrons. The molecule has 0 bridgehead atoms. The zero-order valence-corrected chi connectivity index (χ0v) is 13.1. The Morgan fingerprint density at radius 2 is 1.85 bits per heavy atom. The van der Waals surface area contributed by atoms with Gasteiger partial charge in [-0.2, -0.15) is 11.8 Å². The highest BCUT2D eigenvalue weighted by atomic mass is 32.2. The second-order valence-electron chi connectivity index (χ2n) is 5.97. The maximum Gasteiger partial charge on any atom is 0.327 e. The van der Waals surface area contributed by atoms with Crippen LogP contribution in [0.2, 0.25) is 0 Å². The molecule has 5 nitrogen and oxygen atoms in total. The van der Waals surface area contributed by atoms with E-state index < -0.39 is 12.0 Å². The van der Waals surface area contributed by atoms with Crippen molar-refractivity contribution < 1.29 is 14.7 Å². The second kappa shape index (κ2) is 6.70. The van der Waals surface area contributed by atoms with Gasteiger partial charge < -0.3 is 14.9 Å². The lowest BCUT2D eigenvalue weighted by atomic mass is 9.87. The van der Waals surface area contributed by atoms with Crippen LogP contribution in [0.4, 0.5) is 4.79 Å². The molecule has 0 aliphatic carbocycles. The summed E-state index contributed by atoms with van der Waals surface area (Å²) in [7, 11) is 0. The number of thioether (sulfide) groups is 1. The summed E-state index contributed by atoms with van der Waals surface area (Å²) >= 11 is 1.61. The lowest BCUT2D eigenvalue weighted by Crippen LogP contribution is -2.56. The Hall–Kier alpha value is -0.910. The first kappa shape index (κ1) is 15.5. The molecule has 2 aliphatic heterocycles. The number of nitrogens with zero attached hydrogens (tertiary/aromatic N) is 2. The number of carbonyl (C=O) groups excluding carboxylic acids is 1. The van der Waals surface area contributed by atoms with Gasteiger partial charge in [0.05, 0.1) is 0 Å². The monoisotopic (exact) mass is 300 g/mol. The molecule has 2 aliphatic rings. The number of urea groups is 1. The first-order chi connectivity index (χ1) is 9.50. The molecular formula is C14H24N2O3S. The van der Waals surface area contributed by atoms with Crippen molar-refractivity contribution in [2.45, 2.75) is 32.7 Å². The van der Waals surface area contributed by atoms with Crippen LogP contribution in [0.25, 0.3) is 0 Å². The summed E-state index contributed by atoms with van der Waals surface area (Å²) in [4.78, 5) is 27.2. The molecule has 20 heavy (non-hydrogen) atoms. The Kier molecular flexibility index (Phi) is 5.18. The zero-order chi connectivity index (χ0) is 14.7. The first-order valence-corrected chi connectivity index (χ1v) is 8.52. The smallest absolute Gasteiger partial charge is 0.327 e. The molecule has 114 valence electrons. The molecule has 0 aromatic carbocycles. The van der Waals surface area contributed by atoms with E-state index in [1.165, 1.54) is 0 Å². The van der Waals surface area contributed by atoms with Gasteiger partial charge in [-0.1, -0.05) is 13.8 Å². The average molecular weight is 300 g/mol. The van der Waals surface area contributed by atoms with E-state index in [1.54, 1.807) is 16.7 Å². The number of amides is 2. The minimum absolute atomic E-state index is 0.0834. The molecule has 2 saturated heterocycles. The van der Waals surface area contributed by atoms with Crippen LogP contribution in [-0.4, -0.2) is 64.1 Å². The molecule has 0 aromatic rings. The van der Waals surface area contributed by atoms with Crippen LogP contribution in [0.15, 0.2) is 0 Å². The van der Waals surface area contributed by atoms with Gasteiger partial charge in [-0.05, 0) is 24.7 Å². The van der Waals surface area contributed by atoms with Crippen molar-refractivity contribution >= 4 is 23.8 Å². The van der Waals surface area contributed by atoms with E-state index in [0.717, 1.165) is 31.7 Å². The molecule has 0 saturated carbocycles. The second-order valence-corrected chi connectivity index (χ2v) is 7.12. The fourth-order valence-corrected chi connectivity index (χ4v) is 4.01. The Balaban J connectivity index is 1.95. The van der Waals surface area contributed by atoms with Gasteiger partial charge in [0.15, 0.2) is 0 Å². The topological polar surface area (TPSA) is 60.9 Å². The molecular weight excluding hydrogens is 276 g/mol. The van der Waals surface area contributed by atoms with Crippen LogP contribution in [-0.2, 0) is 4.79 Å². The number of hydrogen-bond acceptors (Lipinski definition) is 3. The van der Waals surface area contributed by atoms with Gasteiger partial charge in [-0.15, -0.1) is 0 Å². The van der Waals surface area contributed by atoms with E-state index in [4.69, 9.17) is 0 Å². The Bertz CT molecular complexity index is 367. The minimum atomic E-state index is -0.886. The molecule has 1 atom stereocenters. The maximum atomic E-state index is 12.5. The Morgan fingerprint density at radius 3 is 2.40 bits per heavy atom. The van der Waals surface area contributed by atoms with Gasteiger partial charge >= 0.3 is 12.0 Å². The van der Waals surface area contributed by atoms with Crippen LogP contribution in [0, 0.1) is 11.8 Å². The SMILES string of the molecule is CC(C)C1CCN(C(=O)N2CCSCC2C(=O)O)CC1. The highest BCUT2D eigenvalue weighted by Gasteiger charge is 2.36. The number of carbonyl (C=O) groups is 2. The Morgan fingerprint density at radius 1 is 1.20 bits per heavy atom. The van der Waals surface area contributed by atoms with Gasteiger partial charge in [0.25, 0.3) is 0 Å². The predicted octanol–water partition coefficient (Wildman–Crippen LogP) is 1.98. The average Bonchev–Trinajstić information content (AvgIpc) is 2.46. The number of hydrogen-bond donors (Lipinski definition) is 1. The molecule has 6 heteroatoms. The number of piperidine rings is 1. The first-order valence-electron chi connectivity index (χ1n) is 7.36. The fraction of sp³-hybridized carbons (Fsp3) is 0.857. The summed E-state index contributed by atoms with van der Waals surface area (Å²) in [5, 5.41) is 9.25. The number of aliphatic carboxylic acids is 1. The van der Waals surface area contributed by atoms with Crippen molar-refractivity contribution in [1.29, 1.82) is 0 Å². The third kappa shape index (κ3) is 3.40. The van der Waals surface area contributed by atoms with E-state index in [-0.39, 0.29) is 6.03 Å². The molecule has 2 fully saturated rings. The molecule has 1 N–H and O–H groups in total. The summed E-state index contributed by atoms with van der Waals surface area (Å²) < 4.78 is 0. The standard InChI is InChI=1S/C14H24N2O3S/c1-10(2)11-3-5-15(6-4-11)14(19)16-7-8-20-9-12(16)13(17)18/h10-12H,3-9H2,1-2H3,(H,17,18). The number of carboxylic acids is 1. The van der Waals surface area contributed by atoms with Gasteiger partial charge in [-0.3, -0.25) is 0 Å². The highest BCUT2D eigenvalue weighted by Crippen LogP contribution is 2.26. The van der Waals surface area contributed by atoms with Crippen molar-refractivity contribution in [3.63, 3.8) is 0 Å². The van der Waals surface area contributed by atoms with E-state index in [0.29, 0.717) is 24.1 Å². The van der Waals surface area contributed by atoms with Crippen molar-refractivity contribution in [3.8, 4) is 0 Å². The lowest BCUT2D eigenvalue weighted by molar-refractivity contribution is -0.141. The van der Waals surface area contributed by atoms with Gasteiger partial charge in [0, 0.05) is 31.1 Å². The van der Waals surface area contributed by atoms with E-state index in [2.05, 4.69) is 13.8 Å². The Labute approximate surface area is 124 Å². The number of carboxylic acid groups (broad SMARTS) is 1. The van der Waals surface area contributed by atoms with Crippen LogP contribution >= 0.6 is 11.8 Å². The van der Waals surface area contributed by atoms with Gasteiger partial charge in [-0.25, -0.2) is 9.59 Å². The maximum absolute atomic E-state index is 12.5. The van der Waals surface area contributed by atoms with Crippen molar-refractivity contribution in [2.75, 3.05) is 31.1 Å². The molecule has 2 rings (SSSR count). The van der Waals surface area contributed by atoms with Crippen LogP contribution in [0.5, 0.6) is 0 Å². The van der Waals surface area contributed by atoms with Crippen LogP contribution in [0.3, 0.4) is 0 Å². The zero-order valence-electron chi connectivity index (χ0n) is 12.2. The van der Waals surface area contributed by atoms with E-state index in [1.807, 2.05) is 4.90 Å². The summed E-state index contributed by atoms with van der Waals surface area (Å²) in [6.07, 6.45) is 2.06. The normalized spacial score (nSPS) is 25.1. The molecule has 0 aromatic heterocycles. The van der Waals surface area contributed by atoms with Gasteiger partial charge in [0.1, 0.15) is 6.04 Å². The number of rotatable bonds is 2. The van der Waals surface area contributed by atoms with Crippen LogP contribution < -0.4 is 0 Å². The largest absolute Gasteiger partial charge is 0.480 e. The van der Waals surface area contributed by atoms with Crippen molar-refractivity contribution in [3.05, 3.63) is 0 Å². The lowest BCUT2D eigenvalue weighted by Gasteiger charge is -2.40. The predicted molar refractivity (Wildman–Crippen MR) is 80.0 cm³/mol. The summed E-state index contributed by atoms with van der Waals surface area (Å²) in [6.45, 7) is 6.52. The molecule has 2 amide bonds. The summed E-state index contributed by atoms with van der Waals surface area (Å²) in [5.41, 5.74) is 0. The summed E-state index contributed by atoms with van der Waals surface area (Å²) in [5.74, 6) is 1.79. The molecule has 1 unspecified atom stereocenters. The highest BCUT2D eigenvalue weighted by molar-refractivity contribution is 7.99. The third-order valence-corrected chi connectivity index (χ3v) is 5.43. The number of likely N-dealkylation sites (tertiary alicyclic amines) is 1. The van der Waals surface area contributed by atoms with Crippen molar-refractivity contribution in [2.24, 2.45) is 11.8 Å². The van der Waals surface area contributed by atoms with Gasteiger partial charge in [0.2, 0.25) is 0 Å². The molecule has 0 spiro atoms. The fourth-order valence-electron chi connectivity index (χ4n) is 2.98. The quantitative estimate of drug-likeness (QED) is 0.847. The van der Waals surface area contributed by atoms with Crippen LogP contribution in [0.1, 0.15) is 26.7 Å². The molecule has 2 heterocycles. The van der Waals surface area contributed by atoms with E-state index in [9.17, 15) is 14.7 Å². The minimum Gasteiger partial charge on any atom is -0.480 e. The summed E-state index contributed by atoms with van der Waals surface area (Å²) in [6, 6.07) is -0.746. The third-order valence-electron chi connectivity index (χ3n) is 4.41. The van der Waals surface area contributed by atoms with Crippen molar-refractivity contribution in [1.82, 2.24) is 9.80 Å². The van der Waals surface area contributed by atoms with E-state index >= 15 is 0 Å².